The standard InChI is InChI=1S/C21H24N4O5/c1-13(2)23-21(28)22-11-14-7-9-15(10-8-14)19(26)24-25-20(27)18-12-29-16-5-3-4-6-17(16)30-18/h3-10,13,18H,11-12H2,1-2H3,(H,24,26)(H,25,27)(H2,22,23,28)/t18-/m0/s1. The van der Waals surface area contributed by atoms with E-state index in [1.54, 1.807) is 42.5 Å². The van der Waals surface area contributed by atoms with Crippen LogP contribution < -0.4 is 31.0 Å². The van der Waals surface area contributed by atoms with Gasteiger partial charge in [-0.15, -0.1) is 0 Å². The minimum absolute atomic E-state index is 0.0464. The van der Waals surface area contributed by atoms with Gasteiger partial charge in [-0.3, -0.25) is 20.4 Å². The molecule has 0 bridgehead atoms. The molecule has 4 N–H and O–H groups in total. The van der Waals surface area contributed by atoms with Gasteiger partial charge in [0.15, 0.2) is 11.5 Å². The highest BCUT2D eigenvalue weighted by Gasteiger charge is 2.27. The molecular formula is C21H24N4O5. The number of ether oxygens (including phenoxy) is 2. The second-order valence-electron chi connectivity index (χ2n) is 6.99. The number of benzene rings is 2. The fraction of sp³-hybridized carbons (Fsp3) is 0.286. The van der Waals surface area contributed by atoms with Crippen LogP contribution in [0.4, 0.5) is 4.79 Å². The highest BCUT2D eigenvalue weighted by molar-refractivity contribution is 5.95. The maximum absolute atomic E-state index is 12.3. The average molecular weight is 412 g/mol. The van der Waals surface area contributed by atoms with Crippen molar-refractivity contribution in [1.82, 2.24) is 21.5 Å². The molecule has 0 fully saturated rings. The summed E-state index contributed by atoms with van der Waals surface area (Å²) in [5, 5.41) is 5.46. The van der Waals surface area contributed by atoms with Gasteiger partial charge in [-0.25, -0.2) is 4.79 Å². The molecule has 0 saturated heterocycles. The van der Waals surface area contributed by atoms with E-state index in [1.807, 2.05) is 19.9 Å². The predicted molar refractivity (Wildman–Crippen MR) is 109 cm³/mol. The van der Waals surface area contributed by atoms with E-state index >= 15 is 0 Å². The van der Waals surface area contributed by atoms with Gasteiger partial charge in [0.25, 0.3) is 11.8 Å². The van der Waals surface area contributed by atoms with Crippen LogP contribution in [0, 0.1) is 0 Å². The minimum atomic E-state index is -0.870. The maximum atomic E-state index is 12.3. The highest BCUT2D eigenvalue weighted by atomic mass is 16.6. The Morgan fingerprint density at radius 3 is 2.40 bits per heavy atom. The smallest absolute Gasteiger partial charge is 0.315 e. The summed E-state index contributed by atoms with van der Waals surface area (Å²) in [6.45, 7) is 4.12. The van der Waals surface area contributed by atoms with E-state index in [-0.39, 0.29) is 18.7 Å². The molecule has 2 aromatic carbocycles. The average Bonchev–Trinajstić information content (AvgIpc) is 2.75. The third-order valence-electron chi connectivity index (χ3n) is 4.19. The molecule has 0 unspecified atom stereocenters. The first-order chi connectivity index (χ1) is 14.4. The third-order valence-corrected chi connectivity index (χ3v) is 4.19. The molecule has 0 spiro atoms. The molecule has 0 aliphatic carbocycles. The first-order valence-electron chi connectivity index (χ1n) is 9.54. The van der Waals surface area contributed by atoms with Crippen LogP contribution in [0.25, 0.3) is 0 Å². The molecule has 1 atom stereocenters. The van der Waals surface area contributed by atoms with E-state index in [1.165, 1.54) is 0 Å². The third kappa shape index (κ3) is 5.63. The fourth-order valence-electron chi connectivity index (χ4n) is 2.69. The van der Waals surface area contributed by atoms with Crippen molar-refractivity contribution in [3.05, 3.63) is 59.7 Å². The quantitative estimate of drug-likeness (QED) is 0.555. The van der Waals surface area contributed by atoms with Gasteiger partial charge in [0.1, 0.15) is 6.61 Å². The Balaban J connectivity index is 1.46. The van der Waals surface area contributed by atoms with Gasteiger partial charge in [0.05, 0.1) is 0 Å². The van der Waals surface area contributed by atoms with Gasteiger partial charge in [-0.1, -0.05) is 24.3 Å². The van der Waals surface area contributed by atoms with Gasteiger partial charge in [-0.05, 0) is 43.7 Å². The summed E-state index contributed by atoms with van der Waals surface area (Å²) in [4.78, 5) is 36.1. The topological polar surface area (TPSA) is 118 Å². The van der Waals surface area contributed by atoms with E-state index in [9.17, 15) is 14.4 Å². The number of fused-ring (bicyclic) bond motifs is 1. The van der Waals surface area contributed by atoms with Gasteiger partial charge >= 0.3 is 6.03 Å². The highest BCUT2D eigenvalue weighted by Crippen LogP contribution is 2.30. The van der Waals surface area contributed by atoms with Crippen LogP contribution in [-0.2, 0) is 11.3 Å². The van der Waals surface area contributed by atoms with Crippen molar-refractivity contribution >= 4 is 17.8 Å². The molecular weight excluding hydrogens is 388 g/mol. The zero-order valence-electron chi connectivity index (χ0n) is 16.7. The molecule has 4 amide bonds. The van der Waals surface area contributed by atoms with Crippen LogP contribution in [0.1, 0.15) is 29.8 Å². The second kappa shape index (κ2) is 9.64. The van der Waals surface area contributed by atoms with Crippen LogP contribution in [0.15, 0.2) is 48.5 Å². The molecule has 1 aliphatic rings. The largest absolute Gasteiger partial charge is 0.485 e. The summed E-state index contributed by atoms with van der Waals surface area (Å²) >= 11 is 0. The molecule has 9 nitrogen and oxygen atoms in total. The summed E-state index contributed by atoms with van der Waals surface area (Å²) in [5.74, 6) is 0.0516. The van der Waals surface area contributed by atoms with Crippen molar-refractivity contribution in [2.24, 2.45) is 0 Å². The number of rotatable bonds is 5. The summed E-state index contributed by atoms with van der Waals surface area (Å²) in [6.07, 6.45) is -0.870. The van der Waals surface area contributed by atoms with E-state index in [4.69, 9.17) is 9.47 Å². The Hall–Kier alpha value is -3.75. The predicted octanol–water partition coefficient (Wildman–Crippen LogP) is 1.50. The number of urea groups is 1. The van der Waals surface area contributed by atoms with E-state index in [0.717, 1.165) is 5.56 Å². The van der Waals surface area contributed by atoms with Gasteiger partial charge < -0.3 is 20.1 Å². The van der Waals surface area contributed by atoms with E-state index < -0.39 is 17.9 Å². The number of hydrogen-bond donors (Lipinski definition) is 4. The van der Waals surface area contributed by atoms with E-state index in [0.29, 0.717) is 23.6 Å². The number of carbonyl (C=O) groups is 3. The Bertz CT molecular complexity index is 914. The van der Waals surface area contributed by atoms with Crippen LogP contribution in [0.2, 0.25) is 0 Å². The van der Waals surface area contributed by atoms with Crippen molar-refractivity contribution in [1.29, 1.82) is 0 Å². The van der Waals surface area contributed by atoms with Gasteiger partial charge in [-0.2, -0.15) is 0 Å². The zero-order valence-corrected chi connectivity index (χ0v) is 16.7. The lowest BCUT2D eigenvalue weighted by atomic mass is 10.1. The zero-order chi connectivity index (χ0) is 21.5. The summed E-state index contributed by atoms with van der Waals surface area (Å²) in [6, 6.07) is 13.5. The molecule has 0 saturated carbocycles. The summed E-state index contributed by atoms with van der Waals surface area (Å²) in [7, 11) is 0. The molecule has 0 radical (unpaired) electrons. The lowest BCUT2D eigenvalue weighted by Crippen LogP contribution is -2.50. The first-order valence-corrected chi connectivity index (χ1v) is 9.54. The second-order valence-corrected chi connectivity index (χ2v) is 6.99. The Morgan fingerprint density at radius 2 is 1.70 bits per heavy atom. The molecule has 1 heterocycles. The number of hydrazine groups is 1. The van der Waals surface area contributed by atoms with Crippen LogP contribution >= 0.6 is 0 Å². The lowest BCUT2D eigenvalue weighted by Gasteiger charge is -2.25. The molecule has 1 aliphatic heterocycles. The number of amides is 4. The monoisotopic (exact) mass is 412 g/mol. The maximum Gasteiger partial charge on any atom is 0.315 e. The van der Waals surface area contributed by atoms with Crippen molar-refractivity contribution in [2.75, 3.05) is 6.61 Å². The number of para-hydroxylation sites is 2. The van der Waals surface area contributed by atoms with Crippen LogP contribution in [0.3, 0.4) is 0 Å². The number of carbonyl (C=O) groups excluding carboxylic acids is 3. The van der Waals surface area contributed by atoms with Crippen molar-refractivity contribution < 1.29 is 23.9 Å². The number of nitrogens with one attached hydrogen (secondary N) is 4. The normalized spacial score (nSPS) is 14.6. The summed E-state index contributed by atoms with van der Waals surface area (Å²) in [5.41, 5.74) is 5.90. The molecule has 0 aromatic heterocycles. The Morgan fingerprint density at radius 1 is 1.00 bits per heavy atom. The van der Waals surface area contributed by atoms with Gasteiger partial charge in [0.2, 0.25) is 6.10 Å². The van der Waals surface area contributed by atoms with Crippen molar-refractivity contribution in [3.8, 4) is 11.5 Å². The molecule has 3 rings (SSSR count). The molecule has 158 valence electrons. The van der Waals surface area contributed by atoms with Gasteiger partial charge in [0, 0.05) is 18.2 Å². The summed E-state index contributed by atoms with van der Waals surface area (Å²) < 4.78 is 11.1. The lowest BCUT2D eigenvalue weighted by molar-refractivity contribution is -0.131. The van der Waals surface area contributed by atoms with Crippen molar-refractivity contribution in [3.63, 3.8) is 0 Å². The van der Waals surface area contributed by atoms with Crippen LogP contribution in [0.5, 0.6) is 11.5 Å². The Kier molecular flexibility index (Phi) is 6.74. The molecule has 9 heteroatoms. The number of hydrogen-bond acceptors (Lipinski definition) is 5. The molecule has 2 aromatic rings. The first kappa shape index (κ1) is 21.0. The SMILES string of the molecule is CC(C)NC(=O)NCc1ccc(C(=O)NNC(=O)[C@@H]2COc3ccccc3O2)cc1. The van der Waals surface area contributed by atoms with E-state index in [2.05, 4.69) is 21.5 Å². The fourth-order valence-corrected chi connectivity index (χ4v) is 2.69. The Labute approximate surface area is 174 Å². The van der Waals surface area contributed by atoms with Crippen LogP contribution in [-0.4, -0.2) is 36.6 Å². The minimum Gasteiger partial charge on any atom is -0.485 e. The van der Waals surface area contributed by atoms with Crippen molar-refractivity contribution in [2.45, 2.75) is 32.5 Å². The molecule has 30 heavy (non-hydrogen) atoms.